The minimum absolute atomic E-state index is 0.0294. The summed E-state index contributed by atoms with van der Waals surface area (Å²) in [5.74, 6) is 0.607. The summed E-state index contributed by atoms with van der Waals surface area (Å²) in [5.41, 5.74) is 1.68. The number of aromatic nitrogens is 2. The molecule has 6 heteroatoms. The van der Waals surface area contributed by atoms with Gasteiger partial charge < -0.3 is 9.64 Å². The van der Waals surface area contributed by atoms with Crippen molar-refractivity contribution in [3.63, 3.8) is 0 Å². The number of carbonyl (C=O) groups excluding carboxylic acids is 1. The highest BCUT2D eigenvalue weighted by molar-refractivity contribution is 5.76. The van der Waals surface area contributed by atoms with Crippen molar-refractivity contribution < 1.29 is 9.53 Å². The van der Waals surface area contributed by atoms with Gasteiger partial charge >= 0.3 is 0 Å². The zero-order chi connectivity index (χ0) is 14.1. The number of nitrogens with zero attached hydrogens (tertiary/aromatic N) is 3. The Bertz CT molecular complexity index is 588. The third-order valence-corrected chi connectivity index (χ3v) is 4.04. The van der Waals surface area contributed by atoms with Crippen molar-refractivity contribution in [1.29, 1.82) is 0 Å². The van der Waals surface area contributed by atoms with Gasteiger partial charge in [-0.3, -0.25) is 14.2 Å². The van der Waals surface area contributed by atoms with Gasteiger partial charge in [0.15, 0.2) is 0 Å². The molecule has 1 saturated heterocycles. The second-order valence-electron chi connectivity index (χ2n) is 5.32. The number of aryl methyl sites for hydroxylation is 2. The average Bonchev–Trinajstić information content (AvgIpc) is 2.92. The van der Waals surface area contributed by atoms with Crippen LogP contribution in [-0.4, -0.2) is 46.7 Å². The first-order valence-electron chi connectivity index (χ1n) is 7.11. The van der Waals surface area contributed by atoms with Crippen molar-refractivity contribution in [3.8, 4) is 0 Å². The largest absolute Gasteiger partial charge is 0.378 e. The molecule has 0 atom stereocenters. The molecular weight excluding hydrogens is 258 g/mol. The lowest BCUT2D eigenvalue weighted by molar-refractivity contribution is -0.136. The van der Waals surface area contributed by atoms with Crippen LogP contribution in [0.5, 0.6) is 0 Å². The van der Waals surface area contributed by atoms with Crippen molar-refractivity contribution in [2.24, 2.45) is 0 Å². The normalized spacial score (nSPS) is 18.1. The third-order valence-electron chi connectivity index (χ3n) is 4.04. The number of hydrogen-bond donors (Lipinski definition) is 0. The smallest absolute Gasteiger partial charge is 0.257 e. The van der Waals surface area contributed by atoms with Crippen LogP contribution in [0.15, 0.2) is 4.79 Å². The van der Waals surface area contributed by atoms with E-state index in [2.05, 4.69) is 4.98 Å². The van der Waals surface area contributed by atoms with E-state index in [1.54, 1.807) is 11.8 Å². The van der Waals surface area contributed by atoms with E-state index in [0.29, 0.717) is 32.1 Å². The summed E-state index contributed by atoms with van der Waals surface area (Å²) in [7, 11) is 0. The fourth-order valence-corrected chi connectivity index (χ4v) is 2.88. The molecule has 20 heavy (non-hydrogen) atoms. The minimum Gasteiger partial charge on any atom is -0.378 e. The van der Waals surface area contributed by atoms with Crippen molar-refractivity contribution >= 4 is 5.91 Å². The fraction of sp³-hybridized carbons (Fsp3) is 0.643. The Hall–Kier alpha value is -1.69. The van der Waals surface area contributed by atoms with E-state index in [4.69, 9.17) is 4.74 Å². The van der Waals surface area contributed by atoms with Crippen LogP contribution in [0.4, 0.5) is 0 Å². The van der Waals surface area contributed by atoms with Gasteiger partial charge in [-0.25, -0.2) is 4.98 Å². The molecule has 1 aliphatic heterocycles. The van der Waals surface area contributed by atoms with Crippen molar-refractivity contribution in [2.75, 3.05) is 26.3 Å². The van der Waals surface area contributed by atoms with Gasteiger partial charge in [0.05, 0.1) is 18.9 Å². The Morgan fingerprint density at radius 2 is 2.05 bits per heavy atom. The molecule has 0 N–H and O–H groups in total. The molecule has 1 aromatic heterocycles. The SMILES string of the molecule is Cc1nc2c(c(=O)n1CC(=O)N1CCOCC1)CCC2. The van der Waals surface area contributed by atoms with Crippen molar-refractivity contribution in [2.45, 2.75) is 32.7 Å². The fourth-order valence-electron chi connectivity index (χ4n) is 2.88. The van der Waals surface area contributed by atoms with Crippen LogP contribution in [-0.2, 0) is 28.9 Å². The zero-order valence-electron chi connectivity index (χ0n) is 11.7. The molecule has 0 radical (unpaired) electrons. The molecule has 0 spiro atoms. The number of rotatable bonds is 2. The maximum Gasteiger partial charge on any atom is 0.257 e. The summed E-state index contributed by atoms with van der Waals surface area (Å²) < 4.78 is 6.75. The van der Waals surface area contributed by atoms with E-state index in [1.165, 1.54) is 4.57 Å². The van der Waals surface area contributed by atoms with Crippen LogP contribution in [0.25, 0.3) is 0 Å². The lowest BCUT2D eigenvalue weighted by Crippen LogP contribution is -2.44. The van der Waals surface area contributed by atoms with E-state index < -0.39 is 0 Å². The minimum atomic E-state index is -0.0355. The summed E-state index contributed by atoms with van der Waals surface area (Å²) in [6.45, 7) is 4.23. The van der Waals surface area contributed by atoms with E-state index in [0.717, 1.165) is 30.5 Å². The van der Waals surface area contributed by atoms with Gasteiger partial charge in [-0.1, -0.05) is 0 Å². The maximum atomic E-state index is 12.4. The van der Waals surface area contributed by atoms with Gasteiger partial charge in [0.25, 0.3) is 5.56 Å². The van der Waals surface area contributed by atoms with Crippen LogP contribution in [0.3, 0.4) is 0 Å². The summed E-state index contributed by atoms with van der Waals surface area (Å²) in [6.07, 6.45) is 2.65. The first-order valence-corrected chi connectivity index (χ1v) is 7.11. The van der Waals surface area contributed by atoms with Crippen LogP contribution in [0.2, 0.25) is 0 Å². The zero-order valence-corrected chi connectivity index (χ0v) is 11.7. The Balaban J connectivity index is 1.84. The molecule has 1 aliphatic carbocycles. The number of ether oxygens (including phenoxy) is 1. The number of carbonyl (C=O) groups is 1. The molecule has 6 nitrogen and oxygen atoms in total. The molecule has 2 aliphatic rings. The molecule has 1 aromatic rings. The van der Waals surface area contributed by atoms with Crippen molar-refractivity contribution in [3.05, 3.63) is 27.4 Å². The highest BCUT2D eigenvalue weighted by Gasteiger charge is 2.22. The Morgan fingerprint density at radius 3 is 2.80 bits per heavy atom. The van der Waals surface area contributed by atoms with Crippen molar-refractivity contribution in [1.82, 2.24) is 14.5 Å². The number of fused-ring (bicyclic) bond motifs is 1. The maximum absolute atomic E-state index is 12.4. The molecule has 0 saturated carbocycles. The number of amides is 1. The van der Waals surface area contributed by atoms with Gasteiger partial charge in [0.2, 0.25) is 5.91 Å². The van der Waals surface area contributed by atoms with Crippen LogP contribution in [0.1, 0.15) is 23.5 Å². The van der Waals surface area contributed by atoms with Crippen LogP contribution < -0.4 is 5.56 Å². The van der Waals surface area contributed by atoms with Gasteiger partial charge in [0, 0.05) is 18.7 Å². The molecular formula is C14H19N3O3. The van der Waals surface area contributed by atoms with E-state index >= 15 is 0 Å². The van der Waals surface area contributed by atoms with E-state index in [-0.39, 0.29) is 18.0 Å². The highest BCUT2D eigenvalue weighted by atomic mass is 16.5. The van der Waals surface area contributed by atoms with E-state index in [9.17, 15) is 9.59 Å². The van der Waals surface area contributed by atoms with Crippen LogP contribution in [0, 0.1) is 6.92 Å². The summed E-state index contributed by atoms with van der Waals surface area (Å²) in [6, 6.07) is 0. The number of hydrogen-bond acceptors (Lipinski definition) is 4. The van der Waals surface area contributed by atoms with Gasteiger partial charge in [0.1, 0.15) is 12.4 Å². The average molecular weight is 277 g/mol. The van der Waals surface area contributed by atoms with Gasteiger partial charge in [-0.05, 0) is 26.2 Å². The first-order chi connectivity index (χ1) is 9.66. The second-order valence-corrected chi connectivity index (χ2v) is 5.32. The Morgan fingerprint density at radius 1 is 1.30 bits per heavy atom. The second kappa shape index (κ2) is 5.36. The summed E-state index contributed by atoms with van der Waals surface area (Å²) in [5, 5.41) is 0. The quantitative estimate of drug-likeness (QED) is 0.757. The molecule has 3 rings (SSSR count). The molecule has 2 heterocycles. The molecule has 0 unspecified atom stereocenters. The van der Waals surface area contributed by atoms with Crippen LogP contribution >= 0.6 is 0 Å². The highest BCUT2D eigenvalue weighted by Crippen LogP contribution is 2.16. The molecule has 1 amide bonds. The predicted octanol–water partition coefficient (Wildman–Crippen LogP) is -0.101. The Labute approximate surface area is 117 Å². The molecule has 0 aromatic carbocycles. The monoisotopic (exact) mass is 277 g/mol. The summed E-state index contributed by atoms with van der Waals surface area (Å²) >= 11 is 0. The summed E-state index contributed by atoms with van der Waals surface area (Å²) in [4.78, 5) is 30.9. The third kappa shape index (κ3) is 2.35. The van der Waals surface area contributed by atoms with Gasteiger partial charge in [-0.15, -0.1) is 0 Å². The predicted molar refractivity (Wildman–Crippen MR) is 72.7 cm³/mol. The molecule has 1 fully saturated rings. The Kier molecular flexibility index (Phi) is 3.56. The standard InChI is InChI=1S/C14H19N3O3/c1-10-15-12-4-2-3-11(12)14(19)17(10)9-13(18)16-5-7-20-8-6-16/h2-9H2,1H3. The topological polar surface area (TPSA) is 64.4 Å². The molecule has 108 valence electrons. The molecule has 0 bridgehead atoms. The first kappa shape index (κ1) is 13.3. The van der Waals surface area contributed by atoms with Gasteiger partial charge in [-0.2, -0.15) is 0 Å². The lowest BCUT2D eigenvalue weighted by Gasteiger charge is -2.27. The van der Waals surface area contributed by atoms with E-state index in [1.807, 2.05) is 0 Å². The number of morpholine rings is 1. The lowest BCUT2D eigenvalue weighted by atomic mass is 10.2.